The van der Waals surface area contributed by atoms with Gasteiger partial charge in [-0.3, -0.25) is 14.3 Å². The van der Waals surface area contributed by atoms with Crippen molar-refractivity contribution in [1.82, 2.24) is 19.5 Å². The Morgan fingerprint density at radius 1 is 1.43 bits per heavy atom. The summed E-state index contributed by atoms with van der Waals surface area (Å²) in [6.45, 7) is -0.447. The predicted molar refractivity (Wildman–Crippen MR) is 65.6 cm³/mol. The van der Waals surface area contributed by atoms with Crippen LogP contribution in [0.2, 0.25) is 0 Å². The van der Waals surface area contributed by atoms with Crippen LogP contribution in [0.4, 0.5) is 5.95 Å². The molecule has 10 nitrogen and oxygen atoms in total. The van der Waals surface area contributed by atoms with E-state index in [9.17, 15) is 15.0 Å². The normalized spacial score (nSPS) is 28.7. The molecule has 0 aliphatic carbocycles. The minimum atomic E-state index is -1.29. The van der Waals surface area contributed by atoms with E-state index in [1.807, 2.05) is 0 Å². The molecule has 0 saturated carbocycles. The number of ether oxygens (including phenoxy) is 1. The van der Waals surface area contributed by atoms with Crippen molar-refractivity contribution in [3.8, 4) is 0 Å². The van der Waals surface area contributed by atoms with Gasteiger partial charge in [-0.15, -0.1) is 0 Å². The summed E-state index contributed by atoms with van der Waals surface area (Å²) in [6, 6.07) is 0. The summed E-state index contributed by atoms with van der Waals surface area (Å²) >= 11 is 0. The number of rotatable bonds is 2. The first-order valence-corrected chi connectivity index (χ1v) is 5.87. The summed E-state index contributed by atoms with van der Waals surface area (Å²) in [5.74, 6) is -0.101. The quantitative estimate of drug-likeness (QED) is 0.291. The molecular weight excluding hydrogens is 467 g/mol. The van der Waals surface area contributed by atoms with E-state index in [-0.39, 0.29) is 39.5 Å². The van der Waals surface area contributed by atoms with Gasteiger partial charge >= 0.3 is 0 Å². The van der Waals surface area contributed by atoms with Crippen LogP contribution in [0, 0.1) is 0 Å². The van der Waals surface area contributed by atoms with E-state index in [1.54, 1.807) is 0 Å². The standard InChI is InChI=1S/C10H13N5O5.Au/c11-10-13-7-4(8(19)14-10)12-2-15(7)9-6(18)5(17)3(1-16)20-9;/h2-3,5-6,9,16-18H,1H2,(H3,11,13,14,19);/t3-,5-,6-,9-;/m1./s1. The molecule has 3 rings (SSSR count). The predicted octanol–water partition coefficient (Wildman–Crippen LogP) is -2.69. The fourth-order valence-electron chi connectivity index (χ4n) is 2.24. The molecular formula is C10H13AuN5O5. The van der Waals surface area contributed by atoms with Crippen molar-refractivity contribution in [2.24, 2.45) is 0 Å². The van der Waals surface area contributed by atoms with Gasteiger partial charge in [0.15, 0.2) is 17.4 Å². The number of aliphatic hydroxyl groups excluding tert-OH is 3. The van der Waals surface area contributed by atoms with Gasteiger partial charge in [0.2, 0.25) is 5.95 Å². The van der Waals surface area contributed by atoms with Gasteiger partial charge in [0.25, 0.3) is 5.56 Å². The molecule has 11 heteroatoms. The van der Waals surface area contributed by atoms with Crippen molar-refractivity contribution in [2.75, 3.05) is 12.3 Å². The summed E-state index contributed by atoms with van der Waals surface area (Å²) in [6.07, 6.45) is -3.21. The first-order chi connectivity index (χ1) is 9.52. The fraction of sp³-hybridized carbons (Fsp3) is 0.500. The Balaban J connectivity index is 0.00000161. The molecule has 1 radical (unpaired) electrons. The average molecular weight is 480 g/mol. The SMILES string of the molecule is Nc1nc2c(ncn2[C@@H]2O[C@H](CO)[C@@H](O)[C@H]2O)c(=O)[nH]1.[Au]. The number of hydrogen-bond donors (Lipinski definition) is 5. The summed E-state index contributed by atoms with van der Waals surface area (Å²) in [7, 11) is 0. The maximum atomic E-state index is 11.7. The molecule has 1 fully saturated rings. The molecule has 2 aromatic heterocycles. The number of imidazole rings is 1. The Labute approximate surface area is 133 Å². The van der Waals surface area contributed by atoms with Crippen LogP contribution >= 0.6 is 0 Å². The van der Waals surface area contributed by atoms with E-state index in [4.69, 9.17) is 15.6 Å². The number of H-pyrrole nitrogens is 1. The molecule has 21 heavy (non-hydrogen) atoms. The third kappa shape index (κ3) is 2.51. The van der Waals surface area contributed by atoms with Crippen LogP contribution in [0.25, 0.3) is 11.2 Å². The van der Waals surface area contributed by atoms with Crippen LogP contribution in [-0.4, -0.2) is 59.8 Å². The summed E-state index contributed by atoms with van der Waals surface area (Å²) in [4.78, 5) is 21.8. The Hall–Kier alpha value is -1.27. The van der Waals surface area contributed by atoms with Gasteiger partial charge in [-0.05, 0) is 0 Å². The summed E-state index contributed by atoms with van der Waals surface area (Å²) < 4.78 is 6.64. The van der Waals surface area contributed by atoms with Gasteiger partial charge in [0.05, 0.1) is 12.9 Å². The number of aromatic amines is 1. The number of aliphatic hydroxyl groups is 3. The Kier molecular flexibility index (Phi) is 4.49. The van der Waals surface area contributed by atoms with Crippen LogP contribution in [0.5, 0.6) is 0 Å². The second kappa shape index (κ2) is 5.85. The van der Waals surface area contributed by atoms with Gasteiger partial charge in [-0.1, -0.05) is 0 Å². The van der Waals surface area contributed by atoms with Gasteiger partial charge in [0, 0.05) is 22.4 Å². The number of nitrogens with zero attached hydrogens (tertiary/aromatic N) is 3. The number of nitrogens with one attached hydrogen (secondary N) is 1. The zero-order valence-electron chi connectivity index (χ0n) is 10.5. The van der Waals surface area contributed by atoms with Crippen molar-refractivity contribution < 1.29 is 42.4 Å². The van der Waals surface area contributed by atoms with Gasteiger partial charge < -0.3 is 25.8 Å². The van der Waals surface area contributed by atoms with Gasteiger partial charge in [-0.2, -0.15) is 4.98 Å². The topological polar surface area (TPSA) is 160 Å². The summed E-state index contributed by atoms with van der Waals surface area (Å²) in [5.41, 5.74) is 5.12. The maximum absolute atomic E-state index is 11.7. The molecule has 6 N–H and O–H groups in total. The van der Waals surface area contributed by atoms with E-state index in [0.29, 0.717) is 0 Å². The van der Waals surface area contributed by atoms with Crippen LogP contribution in [-0.2, 0) is 27.1 Å². The average Bonchev–Trinajstić information content (AvgIpc) is 2.93. The number of nitrogens with two attached hydrogens (primary N) is 1. The minimum absolute atomic E-state index is 0. The van der Waals surface area contributed by atoms with Gasteiger partial charge in [0.1, 0.15) is 18.3 Å². The first-order valence-electron chi connectivity index (χ1n) is 5.87. The molecule has 1 saturated heterocycles. The van der Waals surface area contributed by atoms with E-state index in [1.165, 1.54) is 10.9 Å². The monoisotopic (exact) mass is 480 g/mol. The minimum Gasteiger partial charge on any atom is -0.394 e. The second-order valence-corrected chi connectivity index (χ2v) is 4.50. The Morgan fingerprint density at radius 2 is 2.14 bits per heavy atom. The van der Waals surface area contributed by atoms with E-state index in [2.05, 4.69) is 15.0 Å². The molecule has 4 atom stereocenters. The molecule has 0 amide bonds. The molecule has 0 unspecified atom stereocenters. The zero-order chi connectivity index (χ0) is 14.4. The third-order valence-electron chi connectivity index (χ3n) is 3.24. The number of hydrogen-bond acceptors (Lipinski definition) is 8. The summed E-state index contributed by atoms with van der Waals surface area (Å²) in [5, 5.41) is 28.7. The molecule has 3 heterocycles. The number of nitrogen functional groups attached to an aromatic ring is 1. The van der Waals surface area contributed by atoms with Crippen molar-refractivity contribution >= 4 is 17.1 Å². The third-order valence-corrected chi connectivity index (χ3v) is 3.24. The molecule has 0 spiro atoms. The fourth-order valence-corrected chi connectivity index (χ4v) is 2.24. The maximum Gasteiger partial charge on any atom is 0.280 e. The van der Waals surface area contributed by atoms with Crippen LogP contribution in [0.1, 0.15) is 6.23 Å². The van der Waals surface area contributed by atoms with E-state index in [0.717, 1.165) is 0 Å². The number of anilines is 1. The van der Waals surface area contributed by atoms with Crippen LogP contribution in [0.3, 0.4) is 0 Å². The Morgan fingerprint density at radius 3 is 2.76 bits per heavy atom. The van der Waals surface area contributed by atoms with E-state index < -0.39 is 36.7 Å². The molecule has 1 aliphatic rings. The molecule has 119 valence electrons. The molecule has 0 aromatic carbocycles. The van der Waals surface area contributed by atoms with Crippen molar-refractivity contribution in [1.29, 1.82) is 0 Å². The first kappa shape index (κ1) is 16.1. The smallest absolute Gasteiger partial charge is 0.280 e. The van der Waals surface area contributed by atoms with Crippen molar-refractivity contribution in [3.05, 3.63) is 16.7 Å². The molecule has 2 aromatic rings. The van der Waals surface area contributed by atoms with Crippen LogP contribution in [0.15, 0.2) is 11.1 Å². The number of fused-ring (bicyclic) bond motifs is 1. The zero-order valence-corrected chi connectivity index (χ0v) is 12.6. The number of aromatic nitrogens is 4. The molecule has 1 aliphatic heterocycles. The van der Waals surface area contributed by atoms with Crippen molar-refractivity contribution in [2.45, 2.75) is 24.5 Å². The van der Waals surface area contributed by atoms with Crippen LogP contribution < -0.4 is 11.3 Å². The van der Waals surface area contributed by atoms with E-state index >= 15 is 0 Å². The largest absolute Gasteiger partial charge is 0.394 e. The molecule has 0 bridgehead atoms. The van der Waals surface area contributed by atoms with Crippen molar-refractivity contribution in [3.63, 3.8) is 0 Å². The second-order valence-electron chi connectivity index (χ2n) is 4.50. The Bertz CT molecular complexity index is 703. The van der Waals surface area contributed by atoms with Gasteiger partial charge in [-0.25, -0.2) is 4.98 Å².